The Labute approximate surface area is 265 Å². The largest absolute Gasteiger partial charge is 0.408 e. The summed E-state index contributed by atoms with van der Waals surface area (Å²) in [6, 6.07) is 18.9. The number of anilines is 1. The molecule has 1 aliphatic carbocycles. The molecule has 1 amide bonds. The number of nitrogens with zero attached hydrogens (tertiary/aromatic N) is 4. The van der Waals surface area contributed by atoms with Gasteiger partial charge in [0, 0.05) is 5.56 Å². The van der Waals surface area contributed by atoms with Crippen molar-refractivity contribution in [1.82, 2.24) is 19.5 Å². The molecule has 4 atom stereocenters. The van der Waals surface area contributed by atoms with Gasteiger partial charge < -0.3 is 24.3 Å². The van der Waals surface area contributed by atoms with E-state index in [1.807, 2.05) is 36.4 Å². The average Bonchev–Trinajstić information content (AvgIpc) is 3.56. The highest BCUT2D eigenvalue weighted by Crippen LogP contribution is 2.61. The molecule has 10 nitrogen and oxygen atoms in total. The lowest BCUT2D eigenvalue weighted by molar-refractivity contribution is -0.184. The first-order chi connectivity index (χ1) is 21.4. The Morgan fingerprint density at radius 3 is 2.36 bits per heavy atom. The Kier molecular flexibility index (Phi) is 8.19. The molecule has 2 aliphatic rings. The number of nitrogens with one attached hydrogen (secondary N) is 1. The van der Waals surface area contributed by atoms with E-state index in [2.05, 4.69) is 61.1 Å². The van der Waals surface area contributed by atoms with E-state index in [1.165, 1.54) is 6.33 Å². The van der Waals surface area contributed by atoms with Crippen molar-refractivity contribution >= 4 is 31.2 Å². The van der Waals surface area contributed by atoms with Crippen LogP contribution in [0.25, 0.3) is 11.2 Å². The number of hydrogen-bond acceptors (Lipinski definition) is 8. The highest BCUT2D eigenvalue weighted by molar-refractivity contribution is 6.74. The summed E-state index contributed by atoms with van der Waals surface area (Å²) in [6.07, 6.45) is 2.58. The average molecular weight is 630 g/mol. The summed E-state index contributed by atoms with van der Waals surface area (Å²) in [4.78, 5) is 26.3. The zero-order valence-electron chi connectivity index (χ0n) is 26.9. The molecule has 1 unspecified atom stereocenters. The molecule has 45 heavy (non-hydrogen) atoms. The Hall–Kier alpha value is -3.48. The Bertz CT molecular complexity index is 1650. The first kappa shape index (κ1) is 31.5. The van der Waals surface area contributed by atoms with Crippen LogP contribution in [0.1, 0.15) is 69.1 Å². The molecule has 2 fully saturated rings. The quantitative estimate of drug-likeness (QED) is 0.197. The minimum absolute atomic E-state index is 0.00735. The number of benzene rings is 2. The Balaban J connectivity index is 1.37. The lowest BCUT2D eigenvalue weighted by Crippen LogP contribution is -2.60. The van der Waals surface area contributed by atoms with Crippen molar-refractivity contribution in [2.75, 3.05) is 5.32 Å². The standard InChI is InChI=1S/C34H43N5O5Si/c1-7-34(33(18-19-33)44-45(5,6)32(2,3)4)27(42-20-23-14-10-8-11-15-23)26(40)31(43-34)39-22-37-25-28(35-21-36-29(25)39)38-30(41)24-16-12-9-13-17-24/h8-17,21-22,26-27,31,40H,7,18-20H2,1-6H3,(H,35,36,38,41)/t26?,27-,31-,34-/m1/s1. The number of rotatable bonds is 10. The second-order valence-electron chi connectivity index (χ2n) is 13.7. The van der Waals surface area contributed by atoms with Crippen molar-refractivity contribution < 1.29 is 23.8 Å². The molecule has 2 aromatic heterocycles. The molecule has 1 saturated heterocycles. The molecule has 2 aromatic carbocycles. The highest BCUT2D eigenvalue weighted by Gasteiger charge is 2.72. The summed E-state index contributed by atoms with van der Waals surface area (Å²) in [6.45, 7) is 13.6. The number of carbonyl (C=O) groups excluding carboxylic acids is 1. The van der Waals surface area contributed by atoms with Gasteiger partial charge in [0.25, 0.3) is 5.91 Å². The van der Waals surface area contributed by atoms with E-state index < -0.39 is 38.0 Å². The molecule has 6 rings (SSSR count). The maximum absolute atomic E-state index is 12.9. The molecule has 3 heterocycles. The van der Waals surface area contributed by atoms with Crippen LogP contribution in [0.5, 0.6) is 0 Å². The number of aliphatic hydroxyl groups excluding tert-OH is 1. The van der Waals surface area contributed by atoms with Crippen molar-refractivity contribution in [1.29, 1.82) is 0 Å². The van der Waals surface area contributed by atoms with Crippen molar-refractivity contribution in [3.05, 3.63) is 84.4 Å². The maximum atomic E-state index is 12.9. The summed E-state index contributed by atoms with van der Waals surface area (Å²) < 4.78 is 22.6. The van der Waals surface area contributed by atoms with Gasteiger partial charge in [0.05, 0.1) is 18.5 Å². The monoisotopic (exact) mass is 629 g/mol. The third-order valence-electron chi connectivity index (χ3n) is 9.82. The lowest BCUT2D eigenvalue weighted by atomic mass is 9.84. The van der Waals surface area contributed by atoms with E-state index in [4.69, 9.17) is 13.9 Å². The molecule has 0 spiro atoms. The second-order valence-corrected chi connectivity index (χ2v) is 18.4. The molecule has 238 valence electrons. The van der Waals surface area contributed by atoms with Crippen LogP contribution >= 0.6 is 0 Å². The Morgan fingerprint density at radius 1 is 1.07 bits per heavy atom. The van der Waals surface area contributed by atoms with Crippen LogP contribution in [0, 0.1) is 0 Å². The van der Waals surface area contributed by atoms with Crippen LogP contribution in [0.3, 0.4) is 0 Å². The molecule has 0 bridgehead atoms. The fourth-order valence-electron chi connectivity index (χ4n) is 6.23. The maximum Gasteiger partial charge on any atom is 0.256 e. The molecule has 4 aromatic rings. The van der Waals surface area contributed by atoms with E-state index in [1.54, 1.807) is 35.2 Å². The van der Waals surface area contributed by atoms with Gasteiger partial charge in [0.1, 0.15) is 24.1 Å². The number of carbonyl (C=O) groups is 1. The van der Waals surface area contributed by atoms with Crippen LogP contribution in [0.4, 0.5) is 5.82 Å². The predicted octanol–water partition coefficient (Wildman–Crippen LogP) is 6.26. The smallest absolute Gasteiger partial charge is 0.256 e. The third kappa shape index (κ3) is 5.61. The number of amides is 1. The van der Waals surface area contributed by atoms with Gasteiger partial charge in [-0.2, -0.15) is 0 Å². The molecule has 1 saturated carbocycles. The van der Waals surface area contributed by atoms with Crippen LogP contribution < -0.4 is 5.32 Å². The number of imidazole rings is 1. The van der Waals surface area contributed by atoms with E-state index >= 15 is 0 Å². The highest BCUT2D eigenvalue weighted by atomic mass is 28.4. The first-order valence-corrected chi connectivity index (χ1v) is 18.6. The van der Waals surface area contributed by atoms with Gasteiger partial charge in [0.15, 0.2) is 31.5 Å². The SMILES string of the molecule is CC[C@@]1(C2(O[Si](C)(C)C(C)(C)C)CC2)O[C@@H](n2cnc3c(NC(=O)c4ccccc4)ncnc32)C(O)[C@H]1OCc1ccccc1. The number of fused-ring (bicyclic) bond motifs is 1. The van der Waals surface area contributed by atoms with Crippen molar-refractivity contribution in [3.8, 4) is 0 Å². The summed E-state index contributed by atoms with van der Waals surface area (Å²) in [5.74, 6) is -0.0289. The minimum Gasteiger partial charge on any atom is -0.408 e. The van der Waals surface area contributed by atoms with E-state index in [9.17, 15) is 9.90 Å². The summed E-state index contributed by atoms with van der Waals surface area (Å²) in [5.41, 5.74) is 0.819. The number of aromatic nitrogens is 4. The van der Waals surface area contributed by atoms with E-state index in [0.29, 0.717) is 29.8 Å². The fraction of sp³-hybridized carbons (Fsp3) is 0.471. The normalized spacial score (nSPS) is 24.6. The lowest BCUT2D eigenvalue weighted by Gasteiger charge is -2.47. The molecule has 11 heteroatoms. The van der Waals surface area contributed by atoms with E-state index in [0.717, 1.165) is 18.4 Å². The topological polar surface area (TPSA) is 121 Å². The van der Waals surface area contributed by atoms with Crippen LogP contribution in [-0.4, -0.2) is 62.3 Å². The summed E-state index contributed by atoms with van der Waals surface area (Å²) in [7, 11) is -2.23. The van der Waals surface area contributed by atoms with Crippen LogP contribution in [-0.2, 0) is 20.5 Å². The summed E-state index contributed by atoms with van der Waals surface area (Å²) >= 11 is 0. The first-order valence-electron chi connectivity index (χ1n) is 15.7. The van der Waals surface area contributed by atoms with Gasteiger partial charge >= 0.3 is 0 Å². The molecule has 1 aliphatic heterocycles. The number of aliphatic hydroxyl groups is 1. The Morgan fingerprint density at radius 2 is 1.73 bits per heavy atom. The van der Waals surface area contributed by atoms with Gasteiger partial charge in [-0.1, -0.05) is 76.2 Å². The third-order valence-corrected chi connectivity index (χ3v) is 14.3. The second kappa shape index (κ2) is 11.7. The van der Waals surface area contributed by atoms with Gasteiger partial charge in [-0.05, 0) is 55.1 Å². The van der Waals surface area contributed by atoms with Crippen molar-refractivity contribution in [2.24, 2.45) is 0 Å². The van der Waals surface area contributed by atoms with E-state index in [-0.39, 0.29) is 16.8 Å². The van der Waals surface area contributed by atoms with Crippen LogP contribution in [0.2, 0.25) is 18.1 Å². The predicted molar refractivity (Wildman–Crippen MR) is 174 cm³/mol. The molecular formula is C34H43N5O5Si. The molecule has 0 radical (unpaired) electrons. The molecule has 2 N–H and O–H groups in total. The van der Waals surface area contributed by atoms with Gasteiger partial charge in [-0.15, -0.1) is 0 Å². The fourth-order valence-corrected chi connectivity index (χ4v) is 7.89. The van der Waals surface area contributed by atoms with Gasteiger partial charge in [-0.3, -0.25) is 9.36 Å². The number of hydrogen-bond donors (Lipinski definition) is 2. The zero-order valence-corrected chi connectivity index (χ0v) is 27.9. The molecular weight excluding hydrogens is 586 g/mol. The zero-order chi connectivity index (χ0) is 32.0. The minimum atomic E-state index is -2.23. The van der Waals surface area contributed by atoms with Gasteiger partial charge in [-0.25, -0.2) is 15.0 Å². The summed E-state index contributed by atoms with van der Waals surface area (Å²) in [5, 5.41) is 14.9. The number of ether oxygens (including phenoxy) is 2. The van der Waals surface area contributed by atoms with Crippen LogP contribution in [0.15, 0.2) is 73.3 Å². The van der Waals surface area contributed by atoms with Crippen molar-refractivity contribution in [2.45, 2.75) is 101 Å². The van der Waals surface area contributed by atoms with Gasteiger partial charge in [0.2, 0.25) is 0 Å². The van der Waals surface area contributed by atoms with Crippen molar-refractivity contribution in [3.63, 3.8) is 0 Å².